The van der Waals surface area contributed by atoms with Crippen LogP contribution < -0.4 is 15.4 Å². The molecular formula is C22H21N3O3. The Labute approximate surface area is 163 Å². The van der Waals surface area contributed by atoms with Gasteiger partial charge in [-0.25, -0.2) is 4.98 Å². The molecule has 142 valence electrons. The van der Waals surface area contributed by atoms with E-state index in [1.54, 1.807) is 42.6 Å². The van der Waals surface area contributed by atoms with E-state index in [1.807, 2.05) is 30.3 Å². The number of rotatable bonds is 7. The highest BCUT2D eigenvalue weighted by Gasteiger charge is 2.17. The molecule has 0 aliphatic rings. The quantitative estimate of drug-likeness (QED) is 0.664. The van der Waals surface area contributed by atoms with Crippen molar-refractivity contribution >= 4 is 17.5 Å². The second-order valence-electron chi connectivity index (χ2n) is 6.05. The average molecular weight is 375 g/mol. The number of carbonyl (C=O) groups is 2. The van der Waals surface area contributed by atoms with Crippen LogP contribution >= 0.6 is 0 Å². The monoisotopic (exact) mass is 375 g/mol. The molecule has 6 heteroatoms. The third kappa shape index (κ3) is 4.73. The number of hydrogen-bond acceptors (Lipinski definition) is 4. The molecule has 0 radical (unpaired) electrons. The Hall–Kier alpha value is -3.67. The molecule has 6 nitrogen and oxygen atoms in total. The molecule has 1 heterocycles. The van der Waals surface area contributed by atoms with Crippen LogP contribution in [0.4, 0.5) is 5.69 Å². The summed E-state index contributed by atoms with van der Waals surface area (Å²) >= 11 is 0. The van der Waals surface area contributed by atoms with Crippen LogP contribution in [0.25, 0.3) is 0 Å². The van der Waals surface area contributed by atoms with Gasteiger partial charge >= 0.3 is 0 Å². The number of methoxy groups -OCH3 is 1. The van der Waals surface area contributed by atoms with Gasteiger partial charge < -0.3 is 15.4 Å². The van der Waals surface area contributed by atoms with Gasteiger partial charge in [-0.05, 0) is 36.2 Å². The predicted molar refractivity (Wildman–Crippen MR) is 108 cm³/mol. The van der Waals surface area contributed by atoms with Gasteiger partial charge in [-0.1, -0.05) is 42.5 Å². The number of nitrogens with one attached hydrogen (secondary N) is 2. The van der Waals surface area contributed by atoms with Crippen molar-refractivity contribution in [3.05, 3.63) is 89.6 Å². The van der Waals surface area contributed by atoms with E-state index in [4.69, 9.17) is 4.74 Å². The molecule has 0 saturated carbocycles. The van der Waals surface area contributed by atoms with Gasteiger partial charge in [0.25, 0.3) is 11.8 Å². The van der Waals surface area contributed by atoms with E-state index in [0.717, 1.165) is 12.0 Å². The summed E-state index contributed by atoms with van der Waals surface area (Å²) < 4.78 is 5.13. The molecule has 0 saturated heterocycles. The van der Waals surface area contributed by atoms with E-state index in [9.17, 15) is 9.59 Å². The summed E-state index contributed by atoms with van der Waals surface area (Å²) in [5.41, 5.74) is 2.26. The molecule has 28 heavy (non-hydrogen) atoms. The number of nitrogens with zero attached hydrogens (tertiary/aromatic N) is 1. The number of para-hydroxylation sites is 1. The zero-order valence-electron chi connectivity index (χ0n) is 15.5. The molecule has 3 rings (SSSR count). The van der Waals surface area contributed by atoms with Gasteiger partial charge in [-0.15, -0.1) is 0 Å². The number of amides is 2. The number of aromatic nitrogens is 1. The fraction of sp³-hybridized carbons (Fsp3) is 0.136. The van der Waals surface area contributed by atoms with Crippen molar-refractivity contribution in [2.45, 2.75) is 6.42 Å². The van der Waals surface area contributed by atoms with Gasteiger partial charge in [0.15, 0.2) is 0 Å². The van der Waals surface area contributed by atoms with Gasteiger partial charge in [0, 0.05) is 12.7 Å². The molecule has 0 aliphatic heterocycles. The lowest BCUT2D eigenvalue weighted by molar-refractivity contribution is 0.0955. The highest BCUT2D eigenvalue weighted by atomic mass is 16.5. The van der Waals surface area contributed by atoms with E-state index in [-0.39, 0.29) is 11.8 Å². The average Bonchev–Trinajstić information content (AvgIpc) is 2.74. The Balaban J connectivity index is 1.68. The molecule has 1 aromatic heterocycles. The fourth-order valence-electron chi connectivity index (χ4n) is 2.77. The number of carbonyl (C=O) groups excluding carboxylic acids is 2. The molecule has 2 N–H and O–H groups in total. The summed E-state index contributed by atoms with van der Waals surface area (Å²) in [4.78, 5) is 29.2. The zero-order chi connectivity index (χ0) is 19.8. The van der Waals surface area contributed by atoms with Gasteiger partial charge in [0.2, 0.25) is 5.88 Å². The maximum Gasteiger partial charge on any atom is 0.261 e. The molecule has 0 fully saturated rings. The maximum absolute atomic E-state index is 12.6. The molecule has 2 aromatic carbocycles. The fourth-order valence-corrected chi connectivity index (χ4v) is 2.77. The summed E-state index contributed by atoms with van der Waals surface area (Å²) in [5, 5.41) is 5.67. The molecule has 3 aromatic rings. The van der Waals surface area contributed by atoms with Crippen molar-refractivity contribution in [3.63, 3.8) is 0 Å². The molecular weight excluding hydrogens is 354 g/mol. The highest BCUT2D eigenvalue weighted by Crippen LogP contribution is 2.19. The van der Waals surface area contributed by atoms with Crippen LogP contribution in [0.2, 0.25) is 0 Å². The van der Waals surface area contributed by atoms with E-state index in [1.165, 1.54) is 7.11 Å². The van der Waals surface area contributed by atoms with Crippen LogP contribution in [0.5, 0.6) is 5.88 Å². The highest BCUT2D eigenvalue weighted by molar-refractivity contribution is 6.09. The Morgan fingerprint density at radius 2 is 1.61 bits per heavy atom. The minimum atomic E-state index is -0.394. The topological polar surface area (TPSA) is 80.3 Å². The number of benzene rings is 2. The normalized spacial score (nSPS) is 10.2. The first-order valence-corrected chi connectivity index (χ1v) is 8.90. The van der Waals surface area contributed by atoms with E-state index in [0.29, 0.717) is 23.4 Å². The van der Waals surface area contributed by atoms with Gasteiger partial charge in [0.05, 0.1) is 18.4 Å². The second kappa shape index (κ2) is 9.32. The van der Waals surface area contributed by atoms with Crippen LogP contribution in [-0.2, 0) is 6.42 Å². The minimum absolute atomic E-state index is 0.227. The molecule has 0 spiro atoms. The number of ether oxygens (including phenoxy) is 1. The van der Waals surface area contributed by atoms with Gasteiger partial charge in [0.1, 0.15) is 5.56 Å². The molecule has 0 atom stereocenters. The summed E-state index contributed by atoms with van der Waals surface area (Å²) in [6, 6.07) is 20.1. The largest absolute Gasteiger partial charge is 0.480 e. The first kappa shape index (κ1) is 19.1. The zero-order valence-corrected chi connectivity index (χ0v) is 15.5. The van der Waals surface area contributed by atoms with Crippen molar-refractivity contribution in [1.82, 2.24) is 10.3 Å². The molecule has 0 bridgehead atoms. The Morgan fingerprint density at radius 1 is 0.893 bits per heavy atom. The van der Waals surface area contributed by atoms with E-state index < -0.39 is 5.91 Å². The number of anilines is 1. The van der Waals surface area contributed by atoms with Crippen molar-refractivity contribution in [2.75, 3.05) is 19.0 Å². The Kier molecular flexibility index (Phi) is 6.36. The first-order chi connectivity index (χ1) is 13.7. The Morgan fingerprint density at radius 3 is 2.39 bits per heavy atom. The Bertz CT molecular complexity index is 958. The predicted octanol–water partition coefficient (Wildman–Crippen LogP) is 3.32. The van der Waals surface area contributed by atoms with Crippen LogP contribution in [-0.4, -0.2) is 30.5 Å². The van der Waals surface area contributed by atoms with E-state index in [2.05, 4.69) is 15.6 Å². The lowest BCUT2D eigenvalue weighted by Gasteiger charge is -2.12. The standard InChI is InChI=1S/C22H21N3O3/c1-28-22-18(11-7-14-24-22)21(27)25-19-12-6-5-10-17(19)20(26)23-15-13-16-8-3-2-4-9-16/h2-12,14H,13,15H2,1H3,(H,23,26)(H,25,27). The number of pyridine rings is 1. The number of hydrogen-bond donors (Lipinski definition) is 2. The van der Waals surface area contributed by atoms with Crippen LogP contribution in [0.3, 0.4) is 0 Å². The first-order valence-electron chi connectivity index (χ1n) is 8.90. The van der Waals surface area contributed by atoms with Crippen molar-refractivity contribution in [2.24, 2.45) is 0 Å². The minimum Gasteiger partial charge on any atom is -0.480 e. The molecule has 0 unspecified atom stereocenters. The van der Waals surface area contributed by atoms with Crippen molar-refractivity contribution in [3.8, 4) is 5.88 Å². The second-order valence-corrected chi connectivity index (χ2v) is 6.05. The molecule has 0 aliphatic carbocycles. The van der Waals surface area contributed by atoms with Crippen LogP contribution in [0, 0.1) is 0 Å². The summed E-state index contributed by atoms with van der Waals surface area (Å²) in [5.74, 6) is -0.413. The lowest BCUT2D eigenvalue weighted by atomic mass is 10.1. The van der Waals surface area contributed by atoms with Gasteiger partial charge in [-0.2, -0.15) is 0 Å². The summed E-state index contributed by atoms with van der Waals surface area (Å²) in [6.45, 7) is 0.502. The molecule has 2 amide bonds. The summed E-state index contributed by atoms with van der Waals surface area (Å²) in [6.07, 6.45) is 2.28. The van der Waals surface area contributed by atoms with E-state index >= 15 is 0 Å². The third-order valence-electron chi connectivity index (χ3n) is 4.17. The summed E-state index contributed by atoms with van der Waals surface area (Å²) in [7, 11) is 1.45. The van der Waals surface area contributed by atoms with Crippen LogP contribution in [0.1, 0.15) is 26.3 Å². The SMILES string of the molecule is COc1ncccc1C(=O)Nc1ccccc1C(=O)NCCc1ccccc1. The van der Waals surface area contributed by atoms with Crippen LogP contribution in [0.15, 0.2) is 72.9 Å². The van der Waals surface area contributed by atoms with Crippen molar-refractivity contribution in [1.29, 1.82) is 0 Å². The van der Waals surface area contributed by atoms with Gasteiger partial charge in [-0.3, -0.25) is 9.59 Å². The third-order valence-corrected chi connectivity index (χ3v) is 4.17. The lowest BCUT2D eigenvalue weighted by Crippen LogP contribution is -2.27. The smallest absolute Gasteiger partial charge is 0.261 e. The van der Waals surface area contributed by atoms with Crippen molar-refractivity contribution < 1.29 is 14.3 Å². The maximum atomic E-state index is 12.6.